The second-order valence-corrected chi connectivity index (χ2v) is 5.23. The average molecular weight is 308 g/mol. The Balaban J connectivity index is 2.18. The molecular formula is C14H18BrN3. The SMILES string of the molecule is Cc1nccn1-c1ccc(CCCCN)cc1Br. The zero-order valence-corrected chi connectivity index (χ0v) is 12.2. The van der Waals surface area contributed by atoms with Crippen molar-refractivity contribution < 1.29 is 0 Å². The van der Waals surface area contributed by atoms with Crippen molar-refractivity contribution in [3.05, 3.63) is 46.5 Å². The summed E-state index contributed by atoms with van der Waals surface area (Å²) in [5, 5.41) is 0. The fraction of sp³-hybridized carbons (Fsp3) is 0.357. The van der Waals surface area contributed by atoms with E-state index >= 15 is 0 Å². The number of hydrogen-bond acceptors (Lipinski definition) is 2. The van der Waals surface area contributed by atoms with E-state index in [4.69, 9.17) is 5.73 Å². The van der Waals surface area contributed by atoms with E-state index in [2.05, 4.69) is 43.7 Å². The van der Waals surface area contributed by atoms with Crippen molar-refractivity contribution in [1.82, 2.24) is 9.55 Å². The van der Waals surface area contributed by atoms with Gasteiger partial charge < -0.3 is 10.3 Å². The predicted molar refractivity (Wildman–Crippen MR) is 78.0 cm³/mol. The van der Waals surface area contributed by atoms with Gasteiger partial charge in [0.2, 0.25) is 0 Å². The lowest BCUT2D eigenvalue weighted by molar-refractivity contribution is 0.744. The molecule has 0 bridgehead atoms. The Kier molecular flexibility index (Phi) is 4.55. The highest BCUT2D eigenvalue weighted by Gasteiger charge is 2.05. The molecule has 0 saturated heterocycles. The van der Waals surface area contributed by atoms with Gasteiger partial charge in [0.05, 0.1) is 5.69 Å². The first-order valence-corrected chi connectivity index (χ1v) is 7.00. The van der Waals surface area contributed by atoms with Crippen LogP contribution in [0.4, 0.5) is 0 Å². The minimum absolute atomic E-state index is 0.771. The number of aromatic nitrogens is 2. The van der Waals surface area contributed by atoms with Gasteiger partial charge >= 0.3 is 0 Å². The zero-order valence-electron chi connectivity index (χ0n) is 10.6. The fourth-order valence-electron chi connectivity index (χ4n) is 2.01. The van der Waals surface area contributed by atoms with Crippen LogP contribution in [0.1, 0.15) is 24.2 Å². The maximum absolute atomic E-state index is 5.51. The third-order valence-corrected chi connectivity index (χ3v) is 3.65. The van der Waals surface area contributed by atoms with Crippen LogP contribution in [0.2, 0.25) is 0 Å². The Morgan fingerprint density at radius 3 is 2.78 bits per heavy atom. The molecule has 2 aromatic rings. The van der Waals surface area contributed by atoms with Crippen molar-refractivity contribution in [3.8, 4) is 5.69 Å². The molecule has 3 nitrogen and oxygen atoms in total. The van der Waals surface area contributed by atoms with Gasteiger partial charge in [-0.15, -0.1) is 0 Å². The van der Waals surface area contributed by atoms with Gasteiger partial charge in [0.15, 0.2) is 0 Å². The van der Waals surface area contributed by atoms with Gasteiger partial charge in [-0.2, -0.15) is 0 Å². The molecule has 0 saturated carbocycles. The van der Waals surface area contributed by atoms with Gasteiger partial charge in [0.25, 0.3) is 0 Å². The molecule has 1 aromatic carbocycles. The van der Waals surface area contributed by atoms with Gasteiger partial charge in [-0.1, -0.05) is 6.07 Å². The normalized spacial score (nSPS) is 10.8. The van der Waals surface area contributed by atoms with Crippen molar-refractivity contribution >= 4 is 15.9 Å². The molecule has 0 aliphatic heterocycles. The third-order valence-electron chi connectivity index (χ3n) is 3.02. The van der Waals surface area contributed by atoms with E-state index in [0.29, 0.717) is 0 Å². The number of hydrogen-bond donors (Lipinski definition) is 1. The number of nitrogens with zero attached hydrogens (tertiary/aromatic N) is 2. The van der Waals surface area contributed by atoms with Crippen LogP contribution in [0.5, 0.6) is 0 Å². The lowest BCUT2D eigenvalue weighted by Crippen LogP contribution is -2.00. The zero-order chi connectivity index (χ0) is 13.0. The van der Waals surface area contributed by atoms with Crippen molar-refractivity contribution in [2.24, 2.45) is 5.73 Å². The number of benzene rings is 1. The highest BCUT2D eigenvalue weighted by Crippen LogP contribution is 2.24. The summed E-state index contributed by atoms with van der Waals surface area (Å²) >= 11 is 3.64. The van der Waals surface area contributed by atoms with E-state index in [1.165, 1.54) is 5.56 Å². The predicted octanol–water partition coefficient (Wildman–Crippen LogP) is 3.22. The quantitative estimate of drug-likeness (QED) is 0.862. The lowest BCUT2D eigenvalue weighted by atomic mass is 10.1. The second-order valence-electron chi connectivity index (χ2n) is 4.38. The second kappa shape index (κ2) is 6.16. The molecule has 0 fully saturated rings. The summed E-state index contributed by atoms with van der Waals surface area (Å²) in [7, 11) is 0. The molecule has 96 valence electrons. The first-order chi connectivity index (χ1) is 8.72. The van der Waals surface area contributed by atoms with Crippen molar-refractivity contribution in [2.75, 3.05) is 6.54 Å². The van der Waals surface area contributed by atoms with Gasteiger partial charge in [-0.3, -0.25) is 0 Å². The Labute approximate surface area is 116 Å². The van der Waals surface area contributed by atoms with Gasteiger partial charge in [0.1, 0.15) is 5.82 Å². The van der Waals surface area contributed by atoms with Crippen molar-refractivity contribution in [3.63, 3.8) is 0 Å². The molecule has 0 spiro atoms. The lowest BCUT2D eigenvalue weighted by Gasteiger charge is -2.09. The highest BCUT2D eigenvalue weighted by atomic mass is 79.9. The van der Waals surface area contributed by atoms with Gasteiger partial charge in [0, 0.05) is 16.9 Å². The summed E-state index contributed by atoms with van der Waals surface area (Å²) in [5.41, 5.74) is 7.98. The summed E-state index contributed by atoms with van der Waals surface area (Å²) in [6.45, 7) is 2.77. The van der Waals surface area contributed by atoms with Crippen LogP contribution < -0.4 is 5.73 Å². The molecule has 0 radical (unpaired) electrons. The summed E-state index contributed by atoms with van der Waals surface area (Å²) in [6.07, 6.45) is 7.10. The molecule has 2 N–H and O–H groups in total. The van der Waals surface area contributed by atoms with Crippen molar-refractivity contribution in [2.45, 2.75) is 26.2 Å². The van der Waals surface area contributed by atoms with E-state index in [-0.39, 0.29) is 0 Å². The van der Waals surface area contributed by atoms with Crippen LogP contribution in [0.25, 0.3) is 5.69 Å². The molecule has 0 amide bonds. The third kappa shape index (κ3) is 3.00. The Bertz CT molecular complexity index is 520. The average Bonchev–Trinajstić information content (AvgIpc) is 2.76. The van der Waals surface area contributed by atoms with Crippen LogP contribution >= 0.6 is 15.9 Å². The molecule has 0 atom stereocenters. The van der Waals surface area contributed by atoms with Crippen LogP contribution in [-0.4, -0.2) is 16.1 Å². The maximum atomic E-state index is 5.51. The first-order valence-electron chi connectivity index (χ1n) is 6.21. The highest BCUT2D eigenvalue weighted by molar-refractivity contribution is 9.10. The van der Waals surface area contributed by atoms with E-state index in [0.717, 1.165) is 41.8 Å². The van der Waals surface area contributed by atoms with Gasteiger partial charge in [-0.05, 0) is 66.4 Å². The maximum Gasteiger partial charge on any atom is 0.110 e. The minimum atomic E-state index is 0.771. The molecule has 1 aromatic heterocycles. The molecular weight excluding hydrogens is 290 g/mol. The Hall–Kier alpha value is -1.13. The number of halogens is 1. The standard InChI is InChI=1S/C14H18BrN3/c1-11-17-8-9-18(11)14-6-5-12(10-13(14)15)4-2-3-7-16/h5-6,8-10H,2-4,7,16H2,1H3. The number of imidazole rings is 1. The Morgan fingerprint density at radius 2 is 2.17 bits per heavy atom. The summed E-state index contributed by atoms with van der Waals surface area (Å²) in [4.78, 5) is 4.25. The first kappa shape index (κ1) is 13.3. The fourth-order valence-corrected chi connectivity index (χ4v) is 2.62. The number of nitrogens with two attached hydrogens (primary N) is 1. The summed E-state index contributed by atoms with van der Waals surface area (Å²) < 4.78 is 3.18. The molecule has 0 unspecified atom stereocenters. The van der Waals surface area contributed by atoms with Crippen LogP contribution in [0.15, 0.2) is 35.1 Å². The molecule has 0 aliphatic carbocycles. The van der Waals surface area contributed by atoms with Crippen LogP contribution in [-0.2, 0) is 6.42 Å². The van der Waals surface area contributed by atoms with Crippen LogP contribution in [0.3, 0.4) is 0 Å². The molecule has 4 heteroatoms. The smallest absolute Gasteiger partial charge is 0.110 e. The molecule has 18 heavy (non-hydrogen) atoms. The molecule has 0 aliphatic rings. The minimum Gasteiger partial charge on any atom is -0.330 e. The number of unbranched alkanes of at least 4 members (excludes halogenated alkanes) is 1. The summed E-state index contributed by atoms with van der Waals surface area (Å²) in [6, 6.07) is 6.50. The number of aryl methyl sites for hydroxylation is 2. The monoisotopic (exact) mass is 307 g/mol. The van der Waals surface area contributed by atoms with Crippen LogP contribution in [0, 0.1) is 6.92 Å². The van der Waals surface area contributed by atoms with E-state index in [1.807, 2.05) is 19.3 Å². The topological polar surface area (TPSA) is 43.8 Å². The van der Waals surface area contributed by atoms with E-state index in [9.17, 15) is 0 Å². The Morgan fingerprint density at radius 1 is 1.33 bits per heavy atom. The van der Waals surface area contributed by atoms with E-state index < -0.39 is 0 Å². The summed E-state index contributed by atoms with van der Waals surface area (Å²) in [5.74, 6) is 0.992. The van der Waals surface area contributed by atoms with E-state index in [1.54, 1.807) is 0 Å². The molecule has 2 rings (SSSR count). The molecule has 1 heterocycles. The van der Waals surface area contributed by atoms with Gasteiger partial charge in [-0.25, -0.2) is 4.98 Å². The number of rotatable bonds is 5. The van der Waals surface area contributed by atoms with Crippen molar-refractivity contribution in [1.29, 1.82) is 0 Å². The largest absolute Gasteiger partial charge is 0.330 e.